The van der Waals surface area contributed by atoms with E-state index in [1.165, 1.54) is 18.2 Å². The molecule has 0 bridgehead atoms. The largest absolute Gasteiger partial charge is 0.504 e. The molecule has 14 heavy (non-hydrogen) atoms. The van der Waals surface area contributed by atoms with Crippen molar-refractivity contribution in [1.82, 2.24) is 0 Å². The monoisotopic (exact) mass is 197 g/mol. The average Bonchev–Trinajstić information content (AvgIpc) is 2.11. The van der Waals surface area contributed by atoms with Gasteiger partial charge in [0.05, 0.1) is 0 Å². The molecule has 5 heteroatoms. The molecule has 0 saturated heterocycles. The van der Waals surface area contributed by atoms with Crippen molar-refractivity contribution in [3.63, 3.8) is 0 Å². The van der Waals surface area contributed by atoms with Crippen molar-refractivity contribution >= 4 is 5.97 Å². The normalized spacial score (nSPS) is 21.4. The van der Waals surface area contributed by atoms with Crippen LogP contribution < -0.4 is 5.73 Å². The number of rotatable bonds is 2. The number of aliphatic hydroxyl groups excluding tert-OH is 2. The predicted octanol–water partition coefficient (Wildman–Crippen LogP) is 0.612. The summed E-state index contributed by atoms with van der Waals surface area (Å²) in [6.07, 6.45) is 4.35. The van der Waals surface area contributed by atoms with Crippen LogP contribution in [0.3, 0.4) is 0 Å². The van der Waals surface area contributed by atoms with Gasteiger partial charge >= 0.3 is 5.97 Å². The van der Waals surface area contributed by atoms with E-state index in [0.29, 0.717) is 12.0 Å². The van der Waals surface area contributed by atoms with Crippen LogP contribution in [0.5, 0.6) is 0 Å². The summed E-state index contributed by atoms with van der Waals surface area (Å²) in [7, 11) is 0. The highest BCUT2D eigenvalue weighted by Gasteiger charge is 2.12. The quantitative estimate of drug-likeness (QED) is 0.519. The second-order valence-corrected chi connectivity index (χ2v) is 2.93. The molecule has 5 nitrogen and oxygen atoms in total. The SMILES string of the molecule is NC(/C=C1/C=C(O)C(O)=CC1)C(=O)O. The van der Waals surface area contributed by atoms with Crippen LogP contribution in [-0.2, 0) is 4.79 Å². The summed E-state index contributed by atoms with van der Waals surface area (Å²) in [6, 6.07) is -1.09. The first-order chi connectivity index (χ1) is 6.50. The van der Waals surface area contributed by atoms with E-state index in [4.69, 9.17) is 21.1 Å². The van der Waals surface area contributed by atoms with E-state index >= 15 is 0 Å². The number of carboxylic acids is 1. The molecule has 0 aromatic heterocycles. The maximum Gasteiger partial charge on any atom is 0.324 e. The molecule has 0 amide bonds. The maximum atomic E-state index is 10.4. The van der Waals surface area contributed by atoms with Gasteiger partial charge in [-0.1, -0.05) is 6.08 Å². The molecule has 5 N–H and O–H groups in total. The first kappa shape index (κ1) is 10.3. The van der Waals surface area contributed by atoms with Crippen LogP contribution >= 0.6 is 0 Å². The van der Waals surface area contributed by atoms with Crippen LogP contribution in [0.4, 0.5) is 0 Å². The zero-order valence-corrected chi connectivity index (χ0v) is 7.34. The smallest absolute Gasteiger partial charge is 0.324 e. The van der Waals surface area contributed by atoms with Crippen molar-refractivity contribution in [1.29, 1.82) is 0 Å². The third-order valence-corrected chi connectivity index (χ3v) is 1.79. The van der Waals surface area contributed by atoms with Crippen molar-refractivity contribution in [3.05, 3.63) is 35.3 Å². The Bertz CT molecular complexity index is 341. The Morgan fingerprint density at radius 1 is 1.50 bits per heavy atom. The number of carboxylic acid groups (broad SMARTS) is 1. The van der Waals surface area contributed by atoms with E-state index < -0.39 is 12.0 Å². The summed E-state index contributed by atoms with van der Waals surface area (Å²) in [5, 5.41) is 26.6. The van der Waals surface area contributed by atoms with Gasteiger partial charge in [0.15, 0.2) is 11.5 Å². The molecule has 0 saturated carbocycles. The lowest BCUT2D eigenvalue weighted by molar-refractivity contribution is -0.137. The van der Waals surface area contributed by atoms with Crippen molar-refractivity contribution in [2.75, 3.05) is 0 Å². The van der Waals surface area contributed by atoms with Gasteiger partial charge in [-0.2, -0.15) is 0 Å². The third-order valence-electron chi connectivity index (χ3n) is 1.79. The maximum absolute atomic E-state index is 10.4. The molecule has 0 aliphatic heterocycles. The van der Waals surface area contributed by atoms with E-state index in [9.17, 15) is 4.79 Å². The molecule has 0 fully saturated rings. The Kier molecular flexibility index (Phi) is 2.93. The highest BCUT2D eigenvalue weighted by Crippen LogP contribution is 2.18. The number of aliphatic hydroxyl groups is 2. The van der Waals surface area contributed by atoms with Gasteiger partial charge in [-0.25, -0.2) is 0 Å². The van der Waals surface area contributed by atoms with Gasteiger partial charge in [0.25, 0.3) is 0 Å². The second-order valence-electron chi connectivity index (χ2n) is 2.93. The second kappa shape index (κ2) is 3.97. The van der Waals surface area contributed by atoms with E-state index in [-0.39, 0.29) is 11.5 Å². The summed E-state index contributed by atoms with van der Waals surface area (Å²) >= 11 is 0. The van der Waals surface area contributed by atoms with Gasteiger partial charge in [-0.05, 0) is 24.1 Å². The van der Waals surface area contributed by atoms with Gasteiger partial charge in [-0.3, -0.25) is 4.79 Å². The van der Waals surface area contributed by atoms with Crippen LogP contribution in [0.1, 0.15) is 6.42 Å². The molecular weight excluding hydrogens is 186 g/mol. The van der Waals surface area contributed by atoms with Crippen molar-refractivity contribution in [2.45, 2.75) is 12.5 Å². The van der Waals surface area contributed by atoms with Crippen molar-refractivity contribution in [3.8, 4) is 0 Å². The molecule has 1 atom stereocenters. The van der Waals surface area contributed by atoms with Crippen LogP contribution in [0.15, 0.2) is 35.3 Å². The Morgan fingerprint density at radius 2 is 2.14 bits per heavy atom. The van der Waals surface area contributed by atoms with Crippen LogP contribution in [-0.4, -0.2) is 27.3 Å². The minimum absolute atomic E-state index is 0.203. The molecule has 1 rings (SSSR count). The first-order valence-electron chi connectivity index (χ1n) is 4.00. The molecule has 0 aromatic carbocycles. The van der Waals surface area contributed by atoms with Gasteiger partial charge in [0.1, 0.15) is 6.04 Å². The fraction of sp³-hybridized carbons (Fsp3) is 0.222. The number of nitrogens with two attached hydrogens (primary N) is 1. The lowest BCUT2D eigenvalue weighted by atomic mass is 10.0. The molecule has 0 spiro atoms. The average molecular weight is 197 g/mol. The van der Waals surface area contributed by atoms with E-state index in [0.717, 1.165) is 0 Å². The number of aliphatic carboxylic acids is 1. The fourth-order valence-corrected chi connectivity index (χ4v) is 1.05. The van der Waals surface area contributed by atoms with Crippen LogP contribution in [0, 0.1) is 0 Å². The zero-order chi connectivity index (χ0) is 10.7. The molecule has 1 unspecified atom stereocenters. The summed E-state index contributed by atoms with van der Waals surface area (Å²) in [5.74, 6) is -1.62. The van der Waals surface area contributed by atoms with E-state index in [1.54, 1.807) is 0 Å². The highest BCUT2D eigenvalue weighted by atomic mass is 16.4. The Hall–Kier alpha value is -1.75. The zero-order valence-electron chi connectivity index (χ0n) is 7.34. The predicted molar refractivity (Wildman–Crippen MR) is 49.7 cm³/mol. The fourth-order valence-electron chi connectivity index (χ4n) is 1.05. The Balaban J connectivity index is 2.79. The summed E-state index contributed by atoms with van der Waals surface area (Å²) in [5.41, 5.74) is 5.82. The lowest BCUT2D eigenvalue weighted by Gasteiger charge is -2.09. The molecule has 76 valence electrons. The van der Waals surface area contributed by atoms with Gasteiger partial charge in [0, 0.05) is 0 Å². The Morgan fingerprint density at radius 3 is 2.64 bits per heavy atom. The summed E-state index contributed by atoms with van der Waals surface area (Å²) in [4.78, 5) is 10.4. The van der Waals surface area contributed by atoms with Gasteiger partial charge in [-0.15, -0.1) is 0 Å². The summed E-state index contributed by atoms with van der Waals surface area (Å²) in [6.45, 7) is 0. The molecule has 0 radical (unpaired) electrons. The molecule has 1 aliphatic rings. The minimum atomic E-state index is -1.14. The first-order valence-corrected chi connectivity index (χ1v) is 4.00. The number of hydrogen-bond acceptors (Lipinski definition) is 4. The molecule has 1 aliphatic carbocycles. The molecular formula is C9H11NO4. The minimum Gasteiger partial charge on any atom is -0.504 e. The van der Waals surface area contributed by atoms with Gasteiger partial charge in [0.2, 0.25) is 0 Å². The van der Waals surface area contributed by atoms with Crippen molar-refractivity contribution < 1.29 is 20.1 Å². The van der Waals surface area contributed by atoms with E-state index in [2.05, 4.69) is 0 Å². The third kappa shape index (κ3) is 2.37. The summed E-state index contributed by atoms with van der Waals surface area (Å²) < 4.78 is 0. The Labute approximate surface area is 80.5 Å². The highest BCUT2D eigenvalue weighted by molar-refractivity contribution is 5.75. The number of carbonyl (C=O) groups is 1. The lowest BCUT2D eigenvalue weighted by Crippen LogP contribution is -2.28. The van der Waals surface area contributed by atoms with Gasteiger partial charge < -0.3 is 21.1 Å². The number of allylic oxidation sites excluding steroid dienone is 3. The number of hydrogen-bond donors (Lipinski definition) is 4. The van der Waals surface area contributed by atoms with Crippen molar-refractivity contribution in [2.24, 2.45) is 5.73 Å². The molecule has 0 aromatic rings. The molecule has 0 heterocycles. The van der Waals surface area contributed by atoms with Crippen LogP contribution in [0.2, 0.25) is 0 Å². The van der Waals surface area contributed by atoms with E-state index in [1.807, 2.05) is 0 Å². The topological polar surface area (TPSA) is 104 Å². The van der Waals surface area contributed by atoms with Crippen LogP contribution in [0.25, 0.3) is 0 Å². The standard InChI is InChI=1S/C9H11NO4/c10-6(9(13)14)3-5-1-2-7(11)8(12)4-5/h2-4,6,11-12H,1,10H2,(H,13,14)/b5-3+.